The fraction of sp³-hybridized carbons (Fsp3) is 0.375. The second-order valence-electron chi connectivity index (χ2n) is 5.04. The molecule has 118 valence electrons. The standard InChI is InChI=1S/C16H21N3O2S/c1-11(22-13-8-6-5-7-9-13)10-17-15(20)14-12(2)18-19(3)16(14)21-4/h5-9,11H,10H2,1-4H3,(H,17,20)/t11-/m1/s1. The smallest absolute Gasteiger partial charge is 0.258 e. The quantitative estimate of drug-likeness (QED) is 0.832. The molecule has 0 aliphatic carbocycles. The van der Waals surface area contributed by atoms with Crippen molar-refractivity contribution in [3.05, 3.63) is 41.6 Å². The Morgan fingerprint density at radius 3 is 2.73 bits per heavy atom. The maximum atomic E-state index is 12.4. The summed E-state index contributed by atoms with van der Waals surface area (Å²) in [5, 5.41) is 7.45. The summed E-state index contributed by atoms with van der Waals surface area (Å²) in [6.07, 6.45) is 0. The molecule has 1 atom stereocenters. The number of ether oxygens (including phenoxy) is 1. The number of carbonyl (C=O) groups excluding carboxylic acids is 1. The zero-order valence-electron chi connectivity index (χ0n) is 13.3. The summed E-state index contributed by atoms with van der Waals surface area (Å²) in [6, 6.07) is 10.2. The van der Waals surface area contributed by atoms with E-state index < -0.39 is 0 Å². The Hall–Kier alpha value is -1.95. The van der Waals surface area contributed by atoms with E-state index in [9.17, 15) is 4.79 Å². The highest BCUT2D eigenvalue weighted by Crippen LogP contribution is 2.23. The van der Waals surface area contributed by atoms with E-state index in [2.05, 4.69) is 29.5 Å². The van der Waals surface area contributed by atoms with Crippen LogP contribution in [-0.2, 0) is 7.05 Å². The first-order valence-electron chi connectivity index (χ1n) is 7.10. The Kier molecular flexibility index (Phi) is 5.49. The van der Waals surface area contributed by atoms with Crippen molar-refractivity contribution in [2.45, 2.75) is 24.0 Å². The molecule has 1 N–H and O–H groups in total. The van der Waals surface area contributed by atoms with Crippen molar-refractivity contribution in [3.8, 4) is 5.88 Å². The lowest BCUT2D eigenvalue weighted by Gasteiger charge is -2.13. The molecule has 0 saturated carbocycles. The summed E-state index contributed by atoms with van der Waals surface area (Å²) >= 11 is 1.73. The molecule has 1 amide bonds. The van der Waals surface area contributed by atoms with Gasteiger partial charge in [0, 0.05) is 23.7 Å². The van der Waals surface area contributed by atoms with Crippen LogP contribution in [0.25, 0.3) is 0 Å². The van der Waals surface area contributed by atoms with Crippen molar-refractivity contribution in [2.24, 2.45) is 7.05 Å². The van der Waals surface area contributed by atoms with Gasteiger partial charge >= 0.3 is 0 Å². The highest BCUT2D eigenvalue weighted by Gasteiger charge is 2.21. The molecule has 0 saturated heterocycles. The van der Waals surface area contributed by atoms with Gasteiger partial charge in [-0.2, -0.15) is 5.10 Å². The summed E-state index contributed by atoms with van der Waals surface area (Å²) in [5.74, 6) is 0.335. The Balaban J connectivity index is 1.95. The van der Waals surface area contributed by atoms with E-state index in [4.69, 9.17) is 4.74 Å². The number of thioether (sulfide) groups is 1. The van der Waals surface area contributed by atoms with E-state index in [-0.39, 0.29) is 11.2 Å². The van der Waals surface area contributed by atoms with E-state index in [1.807, 2.05) is 18.2 Å². The van der Waals surface area contributed by atoms with Gasteiger partial charge in [0.1, 0.15) is 5.56 Å². The van der Waals surface area contributed by atoms with Crippen molar-refractivity contribution >= 4 is 17.7 Å². The molecule has 0 bridgehead atoms. The number of hydrogen-bond acceptors (Lipinski definition) is 4. The number of rotatable bonds is 6. The van der Waals surface area contributed by atoms with Crippen molar-refractivity contribution in [2.75, 3.05) is 13.7 Å². The minimum absolute atomic E-state index is 0.150. The van der Waals surface area contributed by atoms with Crippen LogP contribution in [0.1, 0.15) is 23.0 Å². The number of nitrogens with zero attached hydrogens (tertiary/aromatic N) is 2. The zero-order valence-corrected chi connectivity index (χ0v) is 14.1. The minimum atomic E-state index is -0.150. The average molecular weight is 319 g/mol. The molecule has 0 fully saturated rings. The van der Waals surface area contributed by atoms with E-state index in [1.165, 1.54) is 4.90 Å². The monoisotopic (exact) mass is 319 g/mol. The molecule has 5 nitrogen and oxygen atoms in total. The van der Waals surface area contributed by atoms with E-state index >= 15 is 0 Å². The van der Waals surface area contributed by atoms with Crippen molar-refractivity contribution < 1.29 is 9.53 Å². The Morgan fingerprint density at radius 1 is 1.41 bits per heavy atom. The molecule has 1 aromatic heterocycles. The lowest BCUT2D eigenvalue weighted by molar-refractivity contribution is 0.0950. The van der Waals surface area contributed by atoms with Crippen LogP contribution in [-0.4, -0.2) is 34.6 Å². The molecule has 0 aliphatic heterocycles. The van der Waals surface area contributed by atoms with Gasteiger partial charge in [-0.05, 0) is 19.1 Å². The van der Waals surface area contributed by atoms with Crippen molar-refractivity contribution in [1.82, 2.24) is 15.1 Å². The van der Waals surface area contributed by atoms with Crippen LogP contribution in [0.5, 0.6) is 5.88 Å². The normalized spacial score (nSPS) is 12.0. The summed E-state index contributed by atoms with van der Waals surface area (Å²) in [4.78, 5) is 13.6. The highest BCUT2D eigenvalue weighted by atomic mass is 32.2. The van der Waals surface area contributed by atoms with E-state index in [0.717, 1.165) is 0 Å². The van der Waals surface area contributed by atoms with Gasteiger partial charge in [-0.25, -0.2) is 4.68 Å². The van der Waals surface area contributed by atoms with Crippen LogP contribution in [0.3, 0.4) is 0 Å². The second kappa shape index (κ2) is 7.35. The third-order valence-corrected chi connectivity index (χ3v) is 4.33. The fourth-order valence-electron chi connectivity index (χ4n) is 2.23. The molecule has 2 aromatic rings. The fourth-order valence-corrected chi connectivity index (χ4v) is 3.18. The maximum Gasteiger partial charge on any atom is 0.258 e. The number of nitrogens with one attached hydrogen (secondary N) is 1. The topological polar surface area (TPSA) is 56.1 Å². The number of carbonyl (C=O) groups is 1. The molecule has 2 rings (SSSR count). The van der Waals surface area contributed by atoms with Crippen LogP contribution < -0.4 is 10.1 Å². The van der Waals surface area contributed by atoms with Gasteiger partial charge in [0.2, 0.25) is 5.88 Å². The van der Waals surface area contributed by atoms with Gasteiger partial charge in [0.05, 0.1) is 12.8 Å². The average Bonchev–Trinajstić information content (AvgIpc) is 2.79. The molecule has 1 heterocycles. The van der Waals surface area contributed by atoms with Gasteiger partial charge in [-0.3, -0.25) is 4.79 Å². The van der Waals surface area contributed by atoms with E-state index in [0.29, 0.717) is 23.7 Å². The number of methoxy groups -OCH3 is 1. The first kappa shape index (κ1) is 16.4. The molecule has 0 radical (unpaired) electrons. The van der Waals surface area contributed by atoms with Crippen LogP contribution in [0.4, 0.5) is 0 Å². The van der Waals surface area contributed by atoms with Gasteiger partial charge in [0.15, 0.2) is 0 Å². The third-order valence-electron chi connectivity index (χ3n) is 3.22. The zero-order chi connectivity index (χ0) is 16.1. The van der Waals surface area contributed by atoms with Crippen LogP contribution in [0.15, 0.2) is 35.2 Å². The number of benzene rings is 1. The van der Waals surface area contributed by atoms with Gasteiger partial charge in [-0.15, -0.1) is 11.8 Å². The van der Waals surface area contributed by atoms with E-state index in [1.54, 1.807) is 37.5 Å². The first-order chi connectivity index (χ1) is 10.5. The summed E-state index contributed by atoms with van der Waals surface area (Å²) in [5.41, 5.74) is 1.17. The minimum Gasteiger partial charge on any atom is -0.481 e. The molecular formula is C16H21N3O2S. The SMILES string of the molecule is COc1c(C(=O)NC[C@@H](C)Sc2ccccc2)c(C)nn1C. The largest absolute Gasteiger partial charge is 0.481 e. The van der Waals surface area contributed by atoms with Crippen molar-refractivity contribution in [1.29, 1.82) is 0 Å². The molecule has 0 aliphatic rings. The molecular weight excluding hydrogens is 298 g/mol. The predicted molar refractivity (Wildman–Crippen MR) is 88.6 cm³/mol. The van der Waals surface area contributed by atoms with Crippen LogP contribution in [0.2, 0.25) is 0 Å². The van der Waals surface area contributed by atoms with Crippen LogP contribution >= 0.6 is 11.8 Å². The number of hydrogen-bond donors (Lipinski definition) is 1. The summed E-state index contributed by atoms with van der Waals surface area (Å²) in [6.45, 7) is 4.47. The first-order valence-corrected chi connectivity index (χ1v) is 7.98. The number of amides is 1. The summed E-state index contributed by atoms with van der Waals surface area (Å²) in [7, 11) is 3.30. The van der Waals surface area contributed by atoms with Gasteiger partial charge < -0.3 is 10.1 Å². The van der Waals surface area contributed by atoms with Gasteiger partial charge in [0.25, 0.3) is 5.91 Å². The lowest BCUT2D eigenvalue weighted by Crippen LogP contribution is -2.30. The van der Waals surface area contributed by atoms with Crippen molar-refractivity contribution in [3.63, 3.8) is 0 Å². The highest BCUT2D eigenvalue weighted by molar-refractivity contribution is 8.00. The maximum absolute atomic E-state index is 12.4. The molecule has 22 heavy (non-hydrogen) atoms. The Labute approximate surface area is 135 Å². The lowest BCUT2D eigenvalue weighted by atomic mass is 10.2. The molecule has 0 unspecified atom stereocenters. The van der Waals surface area contributed by atoms with Gasteiger partial charge in [-0.1, -0.05) is 25.1 Å². The molecule has 0 spiro atoms. The predicted octanol–water partition coefficient (Wildman–Crippen LogP) is 2.65. The van der Waals surface area contributed by atoms with Crippen LogP contribution in [0, 0.1) is 6.92 Å². The second-order valence-corrected chi connectivity index (χ2v) is 6.56. The Morgan fingerprint density at radius 2 is 2.09 bits per heavy atom. The molecule has 1 aromatic carbocycles. The Bertz CT molecular complexity index is 640. The third kappa shape index (κ3) is 3.82. The number of aryl methyl sites for hydroxylation is 2. The summed E-state index contributed by atoms with van der Waals surface area (Å²) < 4.78 is 6.83. The number of aromatic nitrogens is 2. The molecule has 6 heteroatoms.